The third-order valence-corrected chi connectivity index (χ3v) is 11.7. The number of aromatic nitrogens is 4. The SMILES string of the molecule is Nc1nnc(-c2ccccc2O)cc1-n1cc(N2CC3COC[C@H](C2)N3C2CCC(c3cccc4c3CCN4[C@H]3CCC(=O)NC3=O)CC2)cn1. The molecule has 2 aromatic carbocycles. The van der Waals surface area contributed by atoms with Crippen LogP contribution in [0.1, 0.15) is 55.6 Å². The molecule has 4 aliphatic heterocycles. The quantitative estimate of drug-likeness (QED) is 0.255. The van der Waals surface area contributed by atoms with Gasteiger partial charge in [-0.1, -0.05) is 24.3 Å². The molecule has 1 saturated carbocycles. The van der Waals surface area contributed by atoms with Crippen LogP contribution >= 0.6 is 0 Å². The highest BCUT2D eigenvalue weighted by Crippen LogP contribution is 2.43. The van der Waals surface area contributed by atoms with E-state index >= 15 is 0 Å². The van der Waals surface area contributed by atoms with Gasteiger partial charge >= 0.3 is 0 Å². The summed E-state index contributed by atoms with van der Waals surface area (Å²) in [6, 6.07) is 16.3. The number of carbonyl (C=O) groups excluding carboxylic acids is 2. The van der Waals surface area contributed by atoms with E-state index in [9.17, 15) is 14.7 Å². The summed E-state index contributed by atoms with van der Waals surface area (Å²) >= 11 is 0. The fraction of sp³-hybridized carbons (Fsp3) is 0.447. The van der Waals surface area contributed by atoms with E-state index in [0.29, 0.717) is 67.0 Å². The number of nitrogens with two attached hydrogens (primary N) is 1. The molecule has 2 amide bonds. The molecule has 0 spiro atoms. The minimum absolute atomic E-state index is 0.130. The summed E-state index contributed by atoms with van der Waals surface area (Å²) in [6.07, 6.45) is 10.4. The van der Waals surface area contributed by atoms with Gasteiger partial charge in [0, 0.05) is 43.3 Å². The van der Waals surface area contributed by atoms with E-state index in [4.69, 9.17) is 10.5 Å². The van der Waals surface area contributed by atoms with Crippen molar-refractivity contribution in [2.75, 3.05) is 48.4 Å². The lowest BCUT2D eigenvalue weighted by Gasteiger charge is -2.54. The number of rotatable bonds is 6. The van der Waals surface area contributed by atoms with Crippen molar-refractivity contribution < 1.29 is 19.4 Å². The van der Waals surface area contributed by atoms with E-state index in [0.717, 1.165) is 57.4 Å². The molecule has 2 aromatic heterocycles. The number of piperazine rings is 1. The molecular formula is C38H43N9O4. The maximum Gasteiger partial charge on any atom is 0.249 e. The zero-order valence-corrected chi connectivity index (χ0v) is 28.5. The Hall–Kier alpha value is -5.01. The highest BCUT2D eigenvalue weighted by Gasteiger charge is 2.44. The molecule has 4 N–H and O–H groups in total. The van der Waals surface area contributed by atoms with Gasteiger partial charge in [-0.05, 0) is 79.8 Å². The number of benzene rings is 2. The number of aromatic hydroxyl groups is 1. The number of phenols is 1. The minimum Gasteiger partial charge on any atom is -0.507 e. The van der Waals surface area contributed by atoms with Crippen molar-refractivity contribution >= 4 is 29.0 Å². The number of anilines is 3. The predicted molar refractivity (Wildman–Crippen MR) is 192 cm³/mol. The van der Waals surface area contributed by atoms with Crippen LogP contribution in [-0.2, 0) is 20.7 Å². The van der Waals surface area contributed by atoms with Crippen LogP contribution in [0, 0.1) is 0 Å². The summed E-state index contributed by atoms with van der Waals surface area (Å²) in [6.45, 7) is 3.98. The molecule has 1 unspecified atom stereocenters. The first-order chi connectivity index (χ1) is 24.9. The summed E-state index contributed by atoms with van der Waals surface area (Å²) in [5.74, 6) is 0.582. The van der Waals surface area contributed by atoms with Gasteiger partial charge in [-0.15, -0.1) is 10.2 Å². The number of nitrogens with zero attached hydrogens (tertiary/aromatic N) is 7. The van der Waals surface area contributed by atoms with E-state index in [1.807, 2.05) is 24.5 Å². The second-order valence-corrected chi connectivity index (χ2v) is 14.6. The Balaban J connectivity index is 0.869. The average Bonchev–Trinajstić information content (AvgIpc) is 3.80. The number of ether oxygens (including phenoxy) is 1. The van der Waals surface area contributed by atoms with E-state index in [1.54, 1.807) is 22.9 Å². The minimum atomic E-state index is -0.266. The Morgan fingerprint density at radius 2 is 1.69 bits per heavy atom. The first kappa shape index (κ1) is 31.9. The summed E-state index contributed by atoms with van der Waals surface area (Å²) in [4.78, 5) is 31.9. The number of nitrogen functional groups attached to an aromatic ring is 1. The van der Waals surface area contributed by atoms with Gasteiger partial charge in [0.1, 0.15) is 17.5 Å². The van der Waals surface area contributed by atoms with E-state index in [-0.39, 0.29) is 29.4 Å². The van der Waals surface area contributed by atoms with Crippen LogP contribution in [0.15, 0.2) is 60.9 Å². The Bertz CT molecular complexity index is 1960. The summed E-state index contributed by atoms with van der Waals surface area (Å²) in [7, 11) is 0. The number of imide groups is 1. The highest BCUT2D eigenvalue weighted by atomic mass is 16.5. The van der Waals surface area contributed by atoms with Crippen molar-refractivity contribution in [2.45, 2.75) is 75.0 Å². The second kappa shape index (κ2) is 13.0. The molecule has 13 nitrogen and oxygen atoms in total. The Labute approximate surface area is 296 Å². The molecule has 13 heteroatoms. The van der Waals surface area contributed by atoms with Gasteiger partial charge in [0.25, 0.3) is 0 Å². The van der Waals surface area contributed by atoms with E-state index in [2.05, 4.69) is 53.5 Å². The molecule has 5 aliphatic rings. The average molecular weight is 690 g/mol. The van der Waals surface area contributed by atoms with E-state index < -0.39 is 0 Å². The molecule has 4 aromatic rings. The molecule has 3 saturated heterocycles. The third-order valence-electron chi connectivity index (χ3n) is 11.7. The van der Waals surface area contributed by atoms with Crippen LogP contribution in [0.5, 0.6) is 5.75 Å². The van der Waals surface area contributed by atoms with E-state index in [1.165, 1.54) is 16.8 Å². The van der Waals surface area contributed by atoms with Crippen LogP contribution < -0.4 is 20.9 Å². The fourth-order valence-corrected chi connectivity index (χ4v) is 9.36. The van der Waals surface area contributed by atoms with Crippen LogP contribution in [0.25, 0.3) is 16.9 Å². The van der Waals surface area contributed by atoms with Crippen molar-refractivity contribution in [1.29, 1.82) is 0 Å². The van der Waals surface area contributed by atoms with Crippen molar-refractivity contribution in [3.63, 3.8) is 0 Å². The fourth-order valence-electron chi connectivity index (χ4n) is 9.36. The largest absolute Gasteiger partial charge is 0.507 e. The number of phenolic OH excluding ortho intramolecular Hbond substituents is 1. The summed E-state index contributed by atoms with van der Waals surface area (Å²) < 4.78 is 7.86. The van der Waals surface area contributed by atoms with Crippen LogP contribution in [0.4, 0.5) is 17.2 Å². The number of fused-ring (bicyclic) bond motifs is 3. The van der Waals surface area contributed by atoms with Gasteiger partial charge in [0.05, 0.1) is 49.1 Å². The van der Waals surface area contributed by atoms with Crippen LogP contribution in [0.2, 0.25) is 0 Å². The van der Waals surface area contributed by atoms with Crippen molar-refractivity contribution in [1.82, 2.24) is 30.2 Å². The van der Waals surface area contributed by atoms with Crippen molar-refractivity contribution in [2.24, 2.45) is 0 Å². The maximum atomic E-state index is 12.7. The number of hydrogen-bond donors (Lipinski definition) is 3. The molecule has 6 heterocycles. The van der Waals surface area contributed by atoms with Gasteiger partial charge < -0.3 is 25.4 Å². The van der Waals surface area contributed by atoms with Gasteiger partial charge in [0.15, 0.2) is 5.82 Å². The van der Waals surface area contributed by atoms with Crippen molar-refractivity contribution in [3.05, 3.63) is 72.1 Å². The predicted octanol–water partition coefficient (Wildman–Crippen LogP) is 3.40. The standard InChI is InChI=1S/C38H43N9O4/c39-37-34(16-31(42-43-37)30-4-1-2-7-35(30)48)46-20-25(17-40-46)44-18-26-21-51-22-27(19-44)47(26)24-10-8-23(9-11-24)28-5-3-6-32-29(28)14-15-45(32)33-12-13-36(49)41-38(33)50/h1-7,16-17,20,23-24,26-27,33,48H,8-15,18-19,21-22H2,(H2,39,43)(H,41,49,50)/t23?,24?,26-,27?,33-/m0/s1. The lowest BCUT2D eigenvalue weighted by molar-refractivity contribution is -0.134. The first-order valence-electron chi connectivity index (χ1n) is 18.2. The number of morpholine rings is 1. The summed E-state index contributed by atoms with van der Waals surface area (Å²) in [5.41, 5.74) is 13.0. The lowest BCUT2D eigenvalue weighted by Crippen LogP contribution is -2.67. The monoisotopic (exact) mass is 689 g/mol. The third kappa shape index (κ3) is 5.78. The molecule has 264 valence electrons. The van der Waals surface area contributed by atoms with Gasteiger partial charge in [0.2, 0.25) is 11.8 Å². The molecule has 3 atom stereocenters. The topological polar surface area (TPSA) is 155 Å². The number of carbonyl (C=O) groups is 2. The van der Waals surface area contributed by atoms with Gasteiger partial charge in [-0.3, -0.25) is 19.8 Å². The Morgan fingerprint density at radius 3 is 2.47 bits per heavy atom. The zero-order valence-electron chi connectivity index (χ0n) is 28.5. The molecule has 2 bridgehead atoms. The van der Waals surface area contributed by atoms with Crippen LogP contribution in [-0.4, -0.2) is 98.8 Å². The Morgan fingerprint density at radius 1 is 0.882 bits per heavy atom. The number of amides is 2. The van der Waals surface area contributed by atoms with Crippen molar-refractivity contribution in [3.8, 4) is 22.7 Å². The Kier molecular flexibility index (Phi) is 8.11. The number of nitrogens with one attached hydrogen (secondary N) is 1. The normalized spacial score (nSPS) is 26.6. The molecule has 51 heavy (non-hydrogen) atoms. The second-order valence-electron chi connectivity index (χ2n) is 14.6. The molecule has 1 aliphatic carbocycles. The first-order valence-corrected chi connectivity index (χ1v) is 18.2. The van der Waals surface area contributed by atoms with Crippen LogP contribution in [0.3, 0.4) is 0 Å². The molecule has 0 radical (unpaired) electrons. The zero-order chi connectivity index (χ0) is 34.6. The number of piperidine rings is 1. The van der Waals surface area contributed by atoms with Gasteiger partial charge in [-0.25, -0.2) is 4.68 Å². The molecular weight excluding hydrogens is 646 g/mol. The molecule has 4 fully saturated rings. The molecule has 9 rings (SSSR count). The lowest BCUT2D eigenvalue weighted by atomic mass is 9.78. The number of hydrogen-bond acceptors (Lipinski definition) is 11. The summed E-state index contributed by atoms with van der Waals surface area (Å²) in [5, 5.41) is 25.9. The maximum absolute atomic E-state index is 12.7. The number of para-hydroxylation sites is 1. The van der Waals surface area contributed by atoms with Gasteiger partial charge in [-0.2, -0.15) is 5.10 Å². The smallest absolute Gasteiger partial charge is 0.249 e. The highest BCUT2D eigenvalue weighted by molar-refractivity contribution is 6.02.